The zero-order valence-corrected chi connectivity index (χ0v) is 12.0. The molecule has 2 unspecified atom stereocenters. The van der Waals surface area contributed by atoms with Crippen LogP contribution in [0, 0.1) is 5.92 Å². The normalized spacial score (nSPS) is 23.8. The van der Waals surface area contributed by atoms with E-state index in [4.69, 9.17) is 10.5 Å². The number of ether oxygens (including phenoxy) is 1. The molecular formula is C14H21NO3S. The van der Waals surface area contributed by atoms with Crippen LogP contribution in [0.5, 0.6) is 5.75 Å². The van der Waals surface area contributed by atoms with E-state index in [0.717, 1.165) is 24.2 Å². The highest BCUT2D eigenvalue weighted by atomic mass is 32.2. The van der Waals surface area contributed by atoms with Gasteiger partial charge in [0, 0.05) is 5.92 Å². The van der Waals surface area contributed by atoms with Crippen molar-refractivity contribution in [2.45, 2.75) is 18.8 Å². The molecule has 4 nitrogen and oxygen atoms in total. The average Bonchev–Trinajstić information content (AvgIpc) is 2.39. The van der Waals surface area contributed by atoms with Crippen LogP contribution in [-0.2, 0) is 9.84 Å². The minimum atomic E-state index is -2.90. The molecule has 1 aliphatic rings. The van der Waals surface area contributed by atoms with Gasteiger partial charge in [0.15, 0.2) is 9.84 Å². The first-order chi connectivity index (χ1) is 9.05. The van der Waals surface area contributed by atoms with Crippen molar-refractivity contribution in [1.82, 2.24) is 0 Å². The second-order valence-electron chi connectivity index (χ2n) is 5.14. The molecule has 1 fully saturated rings. The molecule has 0 radical (unpaired) electrons. The van der Waals surface area contributed by atoms with Crippen molar-refractivity contribution in [3.63, 3.8) is 0 Å². The highest BCUT2D eigenvalue weighted by molar-refractivity contribution is 7.91. The van der Waals surface area contributed by atoms with Crippen molar-refractivity contribution in [1.29, 1.82) is 0 Å². The quantitative estimate of drug-likeness (QED) is 0.910. The third kappa shape index (κ3) is 3.48. The number of methoxy groups -OCH3 is 1. The molecule has 0 spiro atoms. The maximum Gasteiger partial charge on any atom is 0.150 e. The second-order valence-corrected chi connectivity index (χ2v) is 7.36. The van der Waals surface area contributed by atoms with Gasteiger partial charge in [-0.05, 0) is 43.0 Å². The summed E-state index contributed by atoms with van der Waals surface area (Å²) in [6.45, 7) is 0.466. The van der Waals surface area contributed by atoms with Crippen LogP contribution in [0.4, 0.5) is 0 Å². The Kier molecular flexibility index (Phi) is 4.47. The fourth-order valence-corrected chi connectivity index (χ4v) is 4.67. The van der Waals surface area contributed by atoms with E-state index >= 15 is 0 Å². The molecule has 0 amide bonds. The van der Waals surface area contributed by atoms with Crippen LogP contribution < -0.4 is 10.5 Å². The number of hydrogen-bond acceptors (Lipinski definition) is 4. The fraction of sp³-hybridized carbons (Fsp3) is 0.571. The van der Waals surface area contributed by atoms with E-state index in [-0.39, 0.29) is 17.6 Å². The molecule has 1 heterocycles. The lowest BCUT2D eigenvalue weighted by Gasteiger charge is -2.29. The molecule has 19 heavy (non-hydrogen) atoms. The molecule has 2 rings (SSSR count). The van der Waals surface area contributed by atoms with Gasteiger partial charge < -0.3 is 10.5 Å². The average molecular weight is 283 g/mol. The van der Waals surface area contributed by atoms with Crippen LogP contribution >= 0.6 is 0 Å². The fourth-order valence-electron chi connectivity index (χ4n) is 2.85. The predicted molar refractivity (Wildman–Crippen MR) is 76.2 cm³/mol. The van der Waals surface area contributed by atoms with Crippen LogP contribution in [0.15, 0.2) is 24.3 Å². The van der Waals surface area contributed by atoms with E-state index in [9.17, 15) is 8.42 Å². The smallest absolute Gasteiger partial charge is 0.150 e. The van der Waals surface area contributed by atoms with E-state index in [1.54, 1.807) is 7.11 Å². The summed E-state index contributed by atoms with van der Waals surface area (Å²) in [5, 5.41) is 0. The van der Waals surface area contributed by atoms with Crippen molar-refractivity contribution in [3.05, 3.63) is 29.8 Å². The van der Waals surface area contributed by atoms with E-state index in [1.807, 2.05) is 24.3 Å². The van der Waals surface area contributed by atoms with Crippen molar-refractivity contribution in [3.8, 4) is 5.75 Å². The minimum absolute atomic E-state index is 0.0881. The Morgan fingerprint density at radius 2 is 2.26 bits per heavy atom. The molecule has 1 aromatic carbocycles. The Morgan fingerprint density at radius 3 is 2.89 bits per heavy atom. The first kappa shape index (κ1) is 14.3. The Hall–Kier alpha value is -1.07. The van der Waals surface area contributed by atoms with Gasteiger partial charge in [-0.15, -0.1) is 0 Å². The van der Waals surface area contributed by atoms with E-state index in [2.05, 4.69) is 0 Å². The molecule has 0 aromatic heterocycles. The first-order valence-corrected chi connectivity index (χ1v) is 8.42. The largest absolute Gasteiger partial charge is 0.497 e. The van der Waals surface area contributed by atoms with Crippen LogP contribution in [0.3, 0.4) is 0 Å². The molecule has 0 aliphatic carbocycles. The molecule has 1 saturated heterocycles. The van der Waals surface area contributed by atoms with E-state index in [0.29, 0.717) is 12.3 Å². The third-order valence-electron chi connectivity index (χ3n) is 3.84. The topological polar surface area (TPSA) is 69.4 Å². The SMILES string of the molecule is COc1cccc(C(CN)C2CCCS(=O)(=O)C2)c1. The van der Waals surface area contributed by atoms with Crippen LogP contribution in [0.25, 0.3) is 0 Å². The highest BCUT2D eigenvalue weighted by Gasteiger charge is 2.31. The Labute approximate surface area is 114 Å². The molecule has 5 heteroatoms. The minimum Gasteiger partial charge on any atom is -0.497 e. The summed E-state index contributed by atoms with van der Waals surface area (Å²) in [4.78, 5) is 0. The van der Waals surface area contributed by atoms with Gasteiger partial charge in [0.1, 0.15) is 5.75 Å². The van der Waals surface area contributed by atoms with Gasteiger partial charge in [-0.2, -0.15) is 0 Å². The molecule has 2 atom stereocenters. The van der Waals surface area contributed by atoms with Gasteiger partial charge in [-0.1, -0.05) is 12.1 Å². The predicted octanol–water partition coefficient (Wildman–Crippen LogP) is 1.56. The van der Waals surface area contributed by atoms with Crippen molar-refractivity contribution in [2.75, 3.05) is 25.2 Å². The monoisotopic (exact) mass is 283 g/mol. The Morgan fingerprint density at radius 1 is 1.47 bits per heavy atom. The van der Waals surface area contributed by atoms with Crippen molar-refractivity contribution in [2.24, 2.45) is 11.7 Å². The molecular weight excluding hydrogens is 262 g/mol. The van der Waals surface area contributed by atoms with Gasteiger partial charge in [-0.3, -0.25) is 0 Å². The number of nitrogens with two attached hydrogens (primary N) is 1. The lowest BCUT2D eigenvalue weighted by molar-refractivity contribution is 0.402. The zero-order valence-electron chi connectivity index (χ0n) is 11.2. The second kappa shape index (κ2) is 5.92. The maximum atomic E-state index is 11.8. The first-order valence-electron chi connectivity index (χ1n) is 6.60. The third-order valence-corrected chi connectivity index (χ3v) is 5.69. The zero-order chi connectivity index (χ0) is 13.9. The van der Waals surface area contributed by atoms with Crippen molar-refractivity contribution < 1.29 is 13.2 Å². The standard InChI is InChI=1S/C14H21NO3S/c1-18-13-6-2-4-11(8-13)14(9-15)12-5-3-7-19(16,17)10-12/h2,4,6,8,12,14H,3,5,7,9-10,15H2,1H3. The van der Waals surface area contributed by atoms with E-state index in [1.165, 1.54) is 0 Å². The Balaban J connectivity index is 2.23. The lowest BCUT2D eigenvalue weighted by Crippen LogP contribution is -2.32. The van der Waals surface area contributed by atoms with Crippen LogP contribution in [-0.4, -0.2) is 33.6 Å². The molecule has 1 aliphatic heterocycles. The highest BCUT2D eigenvalue weighted by Crippen LogP contribution is 2.33. The summed E-state index contributed by atoms with van der Waals surface area (Å²) in [6, 6.07) is 7.77. The lowest BCUT2D eigenvalue weighted by atomic mass is 9.84. The molecule has 1 aromatic rings. The van der Waals surface area contributed by atoms with Crippen LogP contribution in [0.1, 0.15) is 24.3 Å². The summed E-state index contributed by atoms with van der Waals surface area (Å²) in [7, 11) is -1.27. The van der Waals surface area contributed by atoms with Gasteiger partial charge in [0.25, 0.3) is 0 Å². The summed E-state index contributed by atoms with van der Waals surface area (Å²) in [5.41, 5.74) is 6.95. The number of hydrogen-bond donors (Lipinski definition) is 1. The van der Waals surface area contributed by atoms with E-state index < -0.39 is 9.84 Å². The molecule has 0 saturated carbocycles. The Bertz CT molecular complexity index is 527. The summed E-state index contributed by atoms with van der Waals surface area (Å²) < 4.78 is 28.8. The van der Waals surface area contributed by atoms with Crippen LogP contribution in [0.2, 0.25) is 0 Å². The molecule has 0 bridgehead atoms. The maximum absolute atomic E-state index is 11.8. The number of sulfone groups is 1. The van der Waals surface area contributed by atoms with Gasteiger partial charge in [0.2, 0.25) is 0 Å². The number of benzene rings is 1. The van der Waals surface area contributed by atoms with Gasteiger partial charge >= 0.3 is 0 Å². The van der Waals surface area contributed by atoms with Gasteiger partial charge in [0.05, 0.1) is 18.6 Å². The molecule has 2 N–H and O–H groups in total. The molecule has 106 valence electrons. The summed E-state index contributed by atoms with van der Waals surface area (Å²) in [6.07, 6.45) is 1.67. The summed E-state index contributed by atoms with van der Waals surface area (Å²) in [5.74, 6) is 1.57. The van der Waals surface area contributed by atoms with Crippen molar-refractivity contribution >= 4 is 9.84 Å². The number of rotatable bonds is 4. The summed E-state index contributed by atoms with van der Waals surface area (Å²) >= 11 is 0. The van der Waals surface area contributed by atoms with Gasteiger partial charge in [-0.25, -0.2) is 8.42 Å².